The molecule has 0 aromatic heterocycles. The van der Waals surface area contributed by atoms with Crippen LogP contribution in [-0.4, -0.2) is 14.1 Å². The molecular formula is C18H22N+. The summed E-state index contributed by atoms with van der Waals surface area (Å²) in [5, 5.41) is 0. The minimum Gasteiger partial charge on any atom is -0.263 e. The molecule has 0 radical (unpaired) electrons. The molecule has 2 aromatic carbocycles. The van der Waals surface area contributed by atoms with Gasteiger partial charge in [-0.1, -0.05) is 39.0 Å². The Hall–Kier alpha value is -1.60. The molecule has 0 amide bonds. The van der Waals surface area contributed by atoms with Crippen LogP contribution < -0.4 is 4.48 Å². The average Bonchev–Trinajstić information content (AvgIpc) is 2.58. The van der Waals surface area contributed by atoms with Crippen molar-refractivity contribution in [3.05, 3.63) is 48.0 Å². The third-order valence-electron chi connectivity index (χ3n) is 4.26. The number of quaternary nitrogens is 1. The predicted molar refractivity (Wildman–Crippen MR) is 83.9 cm³/mol. The molecule has 19 heavy (non-hydrogen) atoms. The van der Waals surface area contributed by atoms with Crippen LogP contribution in [0.25, 0.3) is 11.1 Å². The van der Waals surface area contributed by atoms with Crippen molar-refractivity contribution < 1.29 is 0 Å². The summed E-state index contributed by atoms with van der Waals surface area (Å²) in [4.78, 5) is 0. The molecule has 1 aliphatic rings. The molecule has 0 bridgehead atoms. The van der Waals surface area contributed by atoms with Gasteiger partial charge in [-0.25, -0.2) is 0 Å². The summed E-state index contributed by atoms with van der Waals surface area (Å²) in [6.45, 7) is 6.82. The van der Waals surface area contributed by atoms with Gasteiger partial charge in [-0.05, 0) is 23.1 Å². The van der Waals surface area contributed by atoms with Gasteiger partial charge in [0.05, 0.1) is 14.1 Å². The Morgan fingerprint density at radius 1 is 0.789 bits per heavy atom. The van der Waals surface area contributed by atoms with Crippen molar-refractivity contribution in [2.75, 3.05) is 14.1 Å². The summed E-state index contributed by atoms with van der Waals surface area (Å²) in [7, 11) is 4.53. The van der Waals surface area contributed by atoms with Gasteiger partial charge in [0, 0.05) is 23.3 Å². The molecule has 0 saturated heterocycles. The standard InChI is InChI=1S/C18H22N/c1-18(2,3)13-10-11-17-15(12-13)14-8-6-7-9-16(14)19(17,4)5/h6-12H,1-5H3/q+1. The monoisotopic (exact) mass is 252 g/mol. The molecule has 1 nitrogen and oxygen atoms in total. The molecule has 1 heterocycles. The fraction of sp³-hybridized carbons (Fsp3) is 0.333. The number of rotatable bonds is 0. The lowest BCUT2D eigenvalue weighted by Gasteiger charge is -2.25. The van der Waals surface area contributed by atoms with E-state index in [0.29, 0.717) is 0 Å². The number of nitrogens with zero attached hydrogens (tertiary/aromatic N) is 1. The van der Waals surface area contributed by atoms with E-state index >= 15 is 0 Å². The average molecular weight is 252 g/mol. The van der Waals surface area contributed by atoms with Crippen molar-refractivity contribution in [1.29, 1.82) is 0 Å². The number of benzene rings is 2. The van der Waals surface area contributed by atoms with E-state index in [2.05, 4.69) is 77.3 Å². The van der Waals surface area contributed by atoms with Crippen molar-refractivity contribution in [2.45, 2.75) is 26.2 Å². The first-order valence-electron chi connectivity index (χ1n) is 6.91. The smallest absolute Gasteiger partial charge is 0.145 e. The first-order chi connectivity index (χ1) is 8.82. The van der Waals surface area contributed by atoms with Gasteiger partial charge in [0.1, 0.15) is 11.4 Å². The van der Waals surface area contributed by atoms with Crippen LogP contribution in [-0.2, 0) is 5.41 Å². The Balaban J connectivity index is 2.29. The Bertz CT molecular complexity index is 645. The van der Waals surface area contributed by atoms with Crippen LogP contribution in [0.1, 0.15) is 26.3 Å². The third kappa shape index (κ3) is 1.73. The van der Waals surface area contributed by atoms with Crippen LogP contribution in [0.15, 0.2) is 42.5 Å². The van der Waals surface area contributed by atoms with E-state index in [1.807, 2.05) is 0 Å². The number of hydrogen-bond donors (Lipinski definition) is 0. The Morgan fingerprint density at radius 2 is 1.42 bits per heavy atom. The summed E-state index contributed by atoms with van der Waals surface area (Å²) in [5.74, 6) is 0. The quantitative estimate of drug-likeness (QED) is 0.587. The van der Waals surface area contributed by atoms with Gasteiger partial charge in [0.2, 0.25) is 0 Å². The van der Waals surface area contributed by atoms with Crippen molar-refractivity contribution >= 4 is 11.4 Å². The molecule has 0 atom stereocenters. The minimum atomic E-state index is 0.198. The summed E-state index contributed by atoms with van der Waals surface area (Å²) in [6, 6.07) is 15.7. The largest absolute Gasteiger partial charge is 0.263 e. The molecule has 0 spiro atoms. The van der Waals surface area contributed by atoms with Gasteiger partial charge in [-0.3, -0.25) is 4.48 Å². The fourth-order valence-electron chi connectivity index (χ4n) is 3.02. The van der Waals surface area contributed by atoms with Gasteiger partial charge >= 0.3 is 0 Å². The van der Waals surface area contributed by atoms with Crippen LogP contribution in [0.5, 0.6) is 0 Å². The summed E-state index contributed by atoms with van der Waals surface area (Å²) >= 11 is 0. The Kier molecular flexibility index (Phi) is 2.42. The first kappa shape index (κ1) is 12.4. The minimum absolute atomic E-state index is 0.198. The van der Waals surface area contributed by atoms with Crippen molar-refractivity contribution in [3.63, 3.8) is 0 Å². The van der Waals surface area contributed by atoms with Gasteiger partial charge in [0.15, 0.2) is 0 Å². The van der Waals surface area contributed by atoms with Gasteiger partial charge < -0.3 is 0 Å². The van der Waals surface area contributed by atoms with Crippen LogP contribution in [0.2, 0.25) is 0 Å². The van der Waals surface area contributed by atoms with E-state index < -0.39 is 0 Å². The zero-order chi connectivity index (χ0) is 13.8. The van der Waals surface area contributed by atoms with E-state index in [-0.39, 0.29) is 5.41 Å². The van der Waals surface area contributed by atoms with Crippen molar-refractivity contribution in [3.8, 4) is 11.1 Å². The molecule has 98 valence electrons. The highest BCUT2D eigenvalue weighted by atomic mass is 15.3. The predicted octanol–water partition coefficient (Wildman–Crippen LogP) is 4.86. The topological polar surface area (TPSA) is 0 Å². The third-order valence-corrected chi connectivity index (χ3v) is 4.26. The number of para-hydroxylation sites is 1. The summed E-state index contributed by atoms with van der Waals surface area (Å²) < 4.78 is 0.843. The lowest BCUT2D eigenvalue weighted by atomic mass is 9.85. The Morgan fingerprint density at radius 3 is 2.11 bits per heavy atom. The zero-order valence-corrected chi connectivity index (χ0v) is 12.5. The summed E-state index contributed by atoms with van der Waals surface area (Å²) in [5.41, 5.74) is 7.17. The maximum absolute atomic E-state index is 2.38. The highest BCUT2D eigenvalue weighted by molar-refractivity contribution is 5.94. The second-order valence-corrected chi connectivity index (χ2v) is 6.95. The molecule has 0 saturated carbocycles. The molecule has 1 heteroatoms. The van der Waals surface area contributed by atoms with Gasteiger partial charge in [-0.2, -0.15) is 0 Å². The maximum Gasteiger partial charge on any atom is 0.145 e. The molecule has 3 rings (SSSR count). The molecule has 1 aliphatic heterocycles. The maximum atomic E-state index is 2.38. The number of hydrogen-bond acceptors (Lipinski definition) is 0. The van der Waals surface area contributed by atoms with Crippen molar-refractivity contribution in [2.24, 2.45) is 0 Å². The molecule has 2 aromatic rings. The van der Waals surface area contributed by atoms with Crippen molar-refractivity contribution in [1.82, 2.24) is 4.48 Å². The van der Waals surface area contributed by atoms with Crippen LogP contribution in [0.3, 0.4) is 0 Å². The lowest BCUT2D eigenvalue weighted by Crippen LogP contribution is -2.31. The van der Waals surface area contributed by atoms with E-state index in [4.69, 9.17) is 0 Å². The fourth-order valence-corrected chi connectivity index (χ4v) is 3.02. The normalized spacial score (nSPS) is 16.1. The second kappa shape index (κ2) is 3.71. The zero-order valence-electron chi connectivity index (χ0n) is 12.5. The van der Waals surface area contributed by atoms with Crippen LogP contribution in [0.4, 0.5) is 11.4 Å². The Labute approximate surface area is 116 Å². The summed E-state index contributed by atoms with van der Waals surface area (Å²) in [6.07, 6.45) is 0. The van der Waals surface area contributed by atoms with E-state index in [9.17, 15) is 0 Å². The SMILES string of the molecule is CC(C)(C)c1ccc2c(c1)-c1ccccc1[N+]2(C)C. The van der Waals surface area contributed by atoms with E-state index in [1.165, 1.54) is 28.1 Å². The molecular weight excluding hydrogens is 230 g/mol. The molecule has 0 aliphatic carbocycles. The number of fused-ring (bicyclic) bond motifs is 3. The van der Waals surface area contributed by atoms with Gasteiger partial charge in [-0.15, -0.1) is 0 Å². The van der Waals surface area contributed by atoms with Crippen LogP contribution >= 0.6 is 0 Å². The van der Waals surface area contributed by atoms with E-state index in [0.717, 1.165) is 4.48 Å². The molecule has 0 unspecified atom stereocenters. The lowest BCUT2D eigenvalue weighted by molar-refractivity contribution is 0.565. The highest BCUT2D eigenvalue weighted by Gasteiger charge is 2.37. The highest BCUT2D eigenvalue weighted by Crippen LogP contribution is 2.51. The molecule has 0 fully saturated rings. The van der Waals surface area contributed by atoms with Gasteiger partial charge in [0.25, 0.3) is 0 Å². The van der Waals surface area contributed by atoms with E-state index in [1.54, 1.807) is 0 Å². The second-order valence-electron chi connectivity index (χ2n) is 6.95. The first-order valence-corrected chi connectivity index (χ1v) is 6.91. The molecule has 0 N–H and O–H groups in total. The van der Waals surface area contributed by atoms with Crippen LogP contribution in [0, 0.1) is 0 Å².